The standard InChI is InChI=1S/C5H8F4.C2H6.B/c1-3-5(8,9)4(2,6)7;1-2;/h3H2,1-2H3;1-2H3;. The van der Waals surface area contributed by atoms with Crippen LogP contribution in [0.3, 0.4) is 0 Å². The number of hydrogen-bond acceptors (Lipinski definition) is 0. The molecule has 0 unspecified atom stereocenters. The molecule has 0 aromatic heterocycles. The van der Waals surface area contributed by atoms with E-state index in [2.05, 4.69) is 0 Å². The maximum Gasteiger partial charge on any atom is 0.309 e. The summed E-state index contributed by atoms with van der Waals surface area (Å²) in [5.41, 5.74) is 0. The van der Waals surface area contributed by atoms with Crippen molar-refractivity contribution in [2.75, 3.05) is 0 Å². The quantitative estimate of drug-likeness (QED) is 0.457. The van der Waals surface area contributed by atoms with Gasteiger partial charge in [0.1, 0.15) is 0 Å². The molecular weight excluding hydrogens is 171 g/mol. The van der Waals surface area contributed by atoms with Gasteiger partial charge in [0.15, 0.2) is 0 Å². The summed E-state index contributed by atoms with van der Waals surface area (Å²) < 4.78 is 47.3. The number of alkyl halides is 4. The van der Waals surface area contributed by atoms with Crippen LogP contribution in [0.4, 0.5) is 17.6 Å². The van der Waals surface area contributed by atoms with E-state index in [0.717, 1.165) is 6.92 Å². The molecule has 0 atom stereocenters. The van der Waals surface area contributed by atoms with Crippen molar-refractivity contribution in [2.24, 2.45) is 0 Å². The van der Waals surface area contributed by atoms with Crippen molar-refractivity contribution in [3.05, 3.63) is 0 Å². The molecule has 3 radical (unpaired) electrons. The van der Waals surface area contributed by atoms with Crippen molar-refractivity contribution >= 4 is 8.41 Å². The minimum Gasteiger partial charge on any atom is -0.200 e. The molecule has 0 amide bonds. The van der Waals surface area contributed by atoms with Gasteiger partial charge in [0.25, 0.3) is 0 Å². The van der Waals surface area contributed by atoms with Crippen molar-refractivity contribution in [1.29, 1.82) is 0 Å². The van der Waals surface area contributed by atoms with Gasteiger partial charge in [-0.15, -0.1) is 0 Å². The molecule has 5 heteroatoms. The second-order valence-corrected chi connectivity index (χ2v) is 1.95. The maximum atomic E-state index is 11.9. The van der Waals surface area contributed by atoms with Crippen LogP contribution in [-0.2, 0) is 0 Å². The van der Waals surface area contributed by atoms with Crippen LogP contribution in [0.1, 0.15) is 34.1 Å². The van der Waals surface area contributed by atoms with Crippen LogP contribution in [0.2, 0.25) is 0 Å². The Labute approximate surface area is 72.9 Å². The molecule has 0 N–H and O–H groups in total. The Hall–Kier alpha value is -0.215. The molecule has 0 aromatic rings. The highest BCUT2D eigenvalue weighted by Gasteiger charge is 2.50. The SMILES string of the molecule is CC.CCC(F)(F)C(C)(F)F.[B]. The van der Waals surface area contributed by atoms with Gasteiger partial charge in [-0.05, 0) is 0 Å². The Bertz CT molecular complexity index is 98.1. The molecule has 0 saturated carbocycles. The van der Waals surface area contributed by atoms with Crippen LogP contribution in [-0.4, -0.2) is 20.3 Å². The molecule has 0 aliphatic rings. The third kappa shape index (κ3) is 5.44. The third-order valence-electron chi connectivity index (χ3n) is 1.09. The largest absolute Gasteiger partial charge is 0.309 e. The molecule has 0 nitrogen and oxygen atoms in total. The van der Waals surface area contributed by atoms with Gasteiger partial charge in [0, 0.05) is 21.8 Å². The highest BCUT2D eigenvalue weighted by atomic mass is 19.3. The Balaban J connectivity index is -0.000000249. The highest BCUT2D eigenvalue weighted by molar-refractivity contribution is 5.75. The fourth-order valence-electron chi connectivity index (χ4n) is 0.310. The van der Waals surface area contributed by atoms with E-state index in [1.54, 1.807) is 0 Å². The van der Waals surface area contributed by atoms with Crippen LogP contribution < -0.4 is 0 Å². The molecule has 0 aliphatic carbocycles. The van der Waals surface area contributed by atoms with E-state index in [-0.39, 0.29) is 15.3 Å². The van der Waals surface area contributed by atoms with Gasteiger partial charge in [0.05, 0.1) is 0 Å². The summed E-state index contributed by atoms with van der Waals surface area (Å²) >= 11 is 0. The van der Waals surface area contributed by atoms with E-state index in [4.69, 9.17) is 0 Å². The van der Waals surface area contributed by atoms with Gasteiger partial charge in [-0.25, -0.2) is 8.78 Å². The van der Waals surface area contributed by atoms with Crippen LogP contribution in [0, 0.1) is 0 Å². The molecular formula is C7H14BF4. The Morgan fingerprint density at radius 3 is 1.25 bits per heavy atom. The zero-order valence-corrected chi connectivity index (χ0v) is 7.80. The third-order valence-corrected chi connectivity index (χ3v) is 1.09. The van der Waals surface area contributed by atoms with Gasteiger partial charge >= 0.3 is 11.8 Å². The first kappa shape index (κ1) is 17.8. The Kier molecular flexibility index (Phi) is 9.35. The van der Waals surface area contributed by atoms with Crippen LogP contribution in [0.15, 0.2) is 0 Å². The lowest BCUT2D eigenvalue weighted by molar-refractivity contribution is -0.198. The smallest absolute Gasteiger partial charge is 0.200 e. The second kappa shape index (κ2) is 6.32. The average molecular weight is 185 g/mol. The molecule has 0 aromatic carbocycles. The molecule has 0 rings (SSSR count). The van der Waals surface area contributed by atoms with E-state index in [9.17, 15) is 17.6 Å². The predicted octanol–water partition coefficient (Wildman–Crippen LogP) is 3.33. The lowest BCUT2D eigenvalue weighted by Crippen LogP contribution is -2.36. The van der Waals surface area contributed by atoms with E-state index in [1.807, 2.05) is 13.8 Å². The summed E-state index contributed by atoms with van der Waals surface area (Å²) in [4.78, 5) is 0. The minimum atomic E-state index is -3.89. The first-order valence-corrected chi connectivity index (χ1v) is 3.57. The van der Waals surface area contributed by atoms with Crippen molar-refractivity contribution in [3.8, 4) is 0 Å². The molecule has 12 heavy (non-hydrogen) atoms. The second-order valence-electron chi connectivity index (χ2n) is 1.95. The van der Waals surface area contributed by atoms with Crippen LogP contribution in [0.5, 0.6) is 0 Å². The summed E-state index contributed by atoms with van der Waals surface area (Å²) in [6.07, 6.45) is -0.823. The maximum absolute atomic E-state index is 11.9. The lowest BCUT2D eigenvalue weighted by Gasteiger charge is -2.20. The van der Waals surface area contributed by atoms with E-state index >= 15 is 0 Å². The molecule has 0 bridgehead atoms. The predicted molar refractivity (Wildman–Crippen MR) is 43.0 cm³/mol. The Morgan fingerprint density at radius 2 is 1.25 bits per heavy atom. The van der Waals surface area contributed by atoms with Gasteiger partial charge in [-0.2, -0.15) is 8.78 Å². The van der Waals surface area contributed by atoms with Crippen LogP contribution in [0.25, 0.3) is 0 Å². The lowest BCUT2D eigenvalue weighted by atomic mass is 10.1. The number of halogens is 4. The monoisotopic (exact) mass is 185 g/mol. The van der Waals surface area contributed by atoms with Crippen LogP contribution >= 0.6 is 0 Å². The van der Waals surface area contributed by atoms with Gasteiger partial charge in [-0.3, -0.25) is 0 Å². The van der Waals surface area contributed by atoms with E-state index in [1.165, 1.54) is 0 Å². The first-order valence-electron chi connectivity index (χ1n) is 3.57. The zero-order valence-electron chi connectivity index (χ0n) is 7.80. The fourth-order valence-corrected chi connectivity index (χ4v) is 0.310. The molecule has 0 fully saturated rings. The summed E-state index contributed by atoms with van der Waals surface area (Å²) in [5, 5.41) is 0. The van der Waals surface area contributed by atoms with E-state index < -0.39 is 18.3 Å². The van der Waals surface area contributed by atoms with Crippen molar-refractivity contribution in [3.63, 3.8) is 0 Å². The first-order chi connectivity index (χ1) is 4.81. The summed E-state index contributed by atoms with van der Waals surface area (Å²) in [6, 6.07) is 0. The summed E-state index contributed by atoms with van der Waals surface area (Å²) in [5.74, 6) is -7.74. The summed E-state index contributed by atoms with van der Waals surface area (Å²) in [6.45, 7) is 5.24. The van der Waals surface area contributed by atoms with E-state index in [0.29, 0.717) is 0 Å². The molecule has 0 aliphatic heterocycles. The number of hydrogen-bond donors (Lipinski definition) is 0. The van der Waals surface area contributed by atoms with Gasteiger partial charge in [-0.1, -0.05) is 20.8 Å². The topological polar surface area (TPSA) is 0 Å². The minimum absolute atomic E-state index is 0. The van der Waals surface area contributed by atoms with Crippen molar-refractivity contribution in [2.45, 2.75) is 46.0 Å². The number of rotatable bonds is 2. The summed E-state index contributed by atoms with van der Waals surface area (Å²) in [7, 11) is 0. The van der Waals surface area contributed by atoms with Gasteiger partial charge < -0.3 is 0 Å². The molecule has 0 saturated heterocycles. The van der Waals surface area contributed by atoms with Gasteiger partial charge in [0.2, 0.25) is 0 Å². The Morgan fingerprint density at radius 1 is 1.00 bits per heavy atom. The highest BCUT2D eigenvalue weighted by Crippen LogP contribution is 2.35. The zero-order chi connectivity index (χ0) is 9.71. The fraction of sp³-hybridized carbons (Fsp3) is 1.00. The normalized spacial score (nSPS) is 11.0. The van der Waals surface area contributed by atoms with Crippen molar-refractivity contribution < 1.29 is 17.6 Å². The molecule has 73 valence electrons. The average Bonchev–Trinajstić information content (AvgIpc) is 1.90. The van der Waals surface area contributed by atoms with Crippen molar-refractivity contribution in [1.82, 2.24) is 0 Å². The molecule has 0 spiro atoms. The molecule has 0 heterocycles.